The van der Waals surface area contributed by atoms with E-state index in [0.29, 0.717) is 12.8 Å². The number of methoxy groups -OCH3 is 1. The summed E-state index contributed by atoms with van der Waals surface area (Å²) in [6, 6.07) is 18.9. The van der Waals surface area contributed by atoms with E-state index in [1.54, 1.807) is 19.2 Å². The standard InChI is InChI=1S/C29H30O5/c1-34-26-13-10-23-16-20(4-8-24(23)18-26)17-25(30)12-9-21-11-15-28(31)27(21)14-5-19-2-6-22(7-3-19)29(32)33/h2-4,6-10,12-13,16,18,21,25,27,30H,5,11,14-15,17H2,1H3,(H,32,33)/b12-9+. The van der Waals surface area contributed by atoms with Crippen LogP contribution in [0.4, 0.5) is 0 Å². The third-order valence-electron chi connectivity index (χ3n) is 6.74. The summed E-state index contributed by atoms with van der Waals surface area (Å²) in [4.78, 5) is 23.5. The molecule has 0 spiro atoms. The highest BCUT2D eigenvalue weighted by atomic mass is 16.5. The quantitative estimate of drug-likeness (QED) is 0.429. The van der Waals surface area contributed by atoms with Crippen molar-refractivity contribution in [3.05, 3.63) is 89.5 Å². The summed E-state index contributed by atoms with van der Waals surface area (Å²) in [7, 11) is 1.65. The lowest BCUT2D eigenvalue weighted by molar-refractivity contribution is -0.121. The van der Waals surface area contributed by atoms with E-state index in [1.807, 2.05) is 54.6 Å². The average molecular weight is 459 g/mol. The molecule has 3 atom stereocenters. The Balaban J connectivity index is 1.35. The minimum absolute atomic E-state index is 0.0572. The first-order valence-corrected chi connectivity index (χ1v) is 11.7. The Kier molecular flexibility index (Phi) is 7.43. The van der Waals surface area contributed by atoms with Crippen molar-refractivity contribution in [2.75, 3.05) is 7.11 Å². The van der Waals surface area contributed by atoms with Gasteiger partial charge in [0.15, 0.2) is 0 Å². The fourth-order valence-corrected chi connectivity index (χ4v) is 4.78. The second kappa shape index (κ2) is 10.7. The first-order valence-electron chi connectivity index (χ1n) is 11.7. The summed E-state index contributed by atoms with van der Waals surface area (Å²) in [5.74, 6) is 0.227. The van der Waals surface area contributed by atoms with E-state index < -0.39 is 12.1 Å². The molecule has 34 heavy (non-hydrogen) atoms. The van der Waals surface area contributed by atoms with Crippen molar-refractivity contribution in [2.45, 2.75) is 38.2 Å². The number of ether oxygens (including phenoxy) is 1. The molecule has 0 radical (unpaired) electrons. The van der Waals surface area contributed by atoms with E-state index in [2.05, 4.69) is 6.07 Å². The average Bonchev–Trinajstić information content (AvgIpc) is 3.20. The molecule has 0 bridgehead atoms. The van der Waals surface area contributed by atoms with Crippen molar-refractivity contribution in [1.29, 1.82) is 0 Å². The second-order valence-electron chi connectivity index (χ2n) is 9.02. The molecule has 4 rings (SSSR count). The van der Waals surface area contributed by atoms with Crippen LogP contribution >= 0.6 is 0 Å². The minimum atomic E-state index is -0.940. The topological polar surface area (TPSA) is 83.8 Å². The van der Waals surface area contributed by atoms with Crippen molar-refractivity contribution < 1.29 is 24.5 Å². The Morgan fingerprint density at radius 2 is 1.76 bits per heavy atom. The third kappa shape index (κ3) is 5.72. The summed E-state index contributed by atoms with van der Waals surface area (Å²) in [5, 5.41) is 21.8. The number of aromatic carboxylic acids is 1. The summed E-state index contributed by atoms with van der Waals surface area (Å²) < 4.78 is 5.28. The molecular weight excluding hydrogens is 428 g/mol. The maximum absolute atomic E-state index is 12.5. The van der Waals surface area contributed by atoms with Crippen LogP contribution in [0.3, 0.4) is 0 Å². The number of hydrogen-bond donors (Lipinski definition) is 2. The number of aliphatic hydroxyl groups is 1. The molecule has 3 aromatic carbocycles. The van der Waals surface area contributed by atoms with Crippen molar-refractivity contribution in [2.24, 2.45) is 11.8 Å². The van der Waals surface area contributed by atoms with Crippen LogP contribution < -0.4 is 4.74 Å². The van der Waals surface area contributed by atoms with Crippen LogP contribution in [0.25, 0.3) is 10.8 Å². The molecule has 1 aliphatic carbocycles. The summed E-state index contributed by atoms with van der Waals surface area (Å²) in [5.41, 5.74) is 2.35. The number of benzene rings is 3. The lowest BCUT2D eigenvalue weighted by atomic mass is 9.88. The molecule has 1 saturated carbocycles. The largest absolute Gasteiger partial charge is 0.497 e. The molecular formula is C29H30O5. The van der Waals surface area contributed by atoms with Crippen LogP contribution in [0.1, 0.15) is 40.7 Å². The maximum Gasteiger partial charge on any atom is 0.335 e. The van der Waals surface area contributed by atoms with E-state index in [1.165, 1.54) is 0 Å². The van der Waals surface area contributed by atoms with Gasteiger partial charge in [0, 0.05) is 18.8 Å². The number of carbonyl (C=O) groups is 2. The molecule has 1 aliphatic rings. The number of aryl methyl sites for hydroxylation is 1. The Labute approximate surface area is 199 Å². The van der Waals surface area contributed by atoms with E-state index in [0.717, 1.165) is 46.9 Å². The third-order valence-corrected chi connectivity index (χ3v) is 6.74. The van der Waals surface area contributed by atoms with Crippen LogP contribution in [0.2, 0.25) is 0 Å². The second-order valence-corrected chi connectivity index (χ2v) is 9.02. The normalized spacial score (nSPS) is 19.1. The zero-order chi connectivity index (χ0) is 24.1. The van der Waals surface area contributed by atoms with Gasteiger partial charge in [0.25, 0.3) is 0 Å². The lowest BCUT2D eigenvalue weighted by Crippen LogP contribution is -2.15. The molecule has 1 fully saturated rings. The van der Waals surface area contributed by atoms with Crippen molar-refractivity contribution >= 4 is 22.5 Å². The molecule has 2 N–H and O–H groups in total. The maximum atomic E-state index is 12.5. The van der Waals surface area contributed by atoms with Gasteiger partial charge in [-0.25, -0.2) is 4.79 Å². The molecule has 0 heterocycles. The smallest absolute Gasteiger partial charge is 0.335 e. The minimum Gasteiger partial charge on any atom is -0.497 e. The number of fused-ring (bicyclic) bond motifs is 1. The number of allylic oxidation sites excluding steroid dienone is 1. The van der Waals surface area contributed by atoms with Crippen LogP contribution in [0, 0.1) is 11.8 Å². The Morgan fingerprint density at radius 3 is 2.50 bits per heavy atom. The number of Topliss-reactive ketones (excluding diaryl/α,β-unsaturated/α-hetero) is 1. The van der Waals surface area contributed by atoms with Gasteiger partial charge in [-0.05, 0) is 71.3 Å². The molecule has 5 nitrogen and oxygen atoms in total. The summed E-state index contributed by atoms with van der Waals surface area (Å²) >= 11 is 0. The van der Waals surface area contributed by atoms with Gasteiger partial charge in [0.05, 0.1) is 18.8 Å². The Hall–Kier alpha value is -3.44. The van der Waals surface area contributed by atoms with Gasteiger partial charge in [-0.3, -0.25) is 4.79 Å². The van der Waals surface area contributed by atoms with Gasteiger partial charge in [0.2, 0.25) is 0 Å². The van der Waals surface area contributed by atoms with Gasteiger partial charge in [0.1, 0.15) is 11.5 Å². The molecule has 3 unspecified atom stereocenters. The number of hydrogen-bond acceptors (Lipinski definition) is 4. The van der Waals surface area contributed by atoms with Crippen molar-refractivity contribution in [1.82, 2.24) is 0 Å². The fourth-order valence-electron chi connectivity index (χ4n) is 4.78. The van der Waals surface area contributed by atoms with Crippen LogP contribution in [0.5, 0.6) is 5.75 Å². The number of carboxylic acids is 1. The van der Waals surface area contributed by atoms with Gasteiger partial charge in [-0.15, -0.1) is 0 Å². The molecule has 0 aliphatic heterocycles. The predicted octanol–water partition coefficient (Wildman–Crippen LogP) is 5.23. The van der Waals surface area contributed by atoms with Crippen LogP contribution in [-0.2, 0) is 17.6 Å². The van der Waals surface area contributed by atoms with E-state index in [-0.39, 0.29) is 23.2 Å². The molecule has 0 saturated heterocycles. The first kappa shape index (κ1) is 23.7. The lowest BCUT2D eigenvalue weighted by Gasteiger charge is -2.16. The van der Waals surface area contributed by atoms with Gasteiger partial charge < -0.3 is 14.9 Å². The molecule has 3 aromatic rings. The monoisotopic (exact) mass is 458 g/mol. The number of aliphatic hydroxyl groups excluding tert-OH is 1. The Morgan fingerprint density at radius 1 is 1.06 bits per heavy atom. The van der Waals surface area contributed by atoms with Crippen molar-refractivity contribution in [3.8, 4) is 5.75 Å². The SMILES string of the molecule is COc1ccc2cc(CC(O)/C=C/C3CCC(=O)C3CCc3ccc(C(=O)O)cc3)ccc2c1. The summed E-state index contributed by atoms with van der Waals surface area (Å²) in [6.45, 7) is 0. The van der Waals surface area contributed by atoms with Crippen molar-refractivity contribution in [3.63, 3.8) is 0 Å². The highest BCUT2D eigenvalue weighted by molar-refractivity contribution is 5.87. The molecule has 0 aromatic heterocycles. The Bertz CT molecular complexity index is 1190. The number of carbonyl (C=O) groups excluding carboxylic acids is 1. The van der Waals surface area contributed by atoms with Crippen LogP contribution in [0.15, 0.2) is 72.8 Å². The molecule has 5 heteroatoms. The number of ketones is 1. The van der Waals surface area contributed by atoms with Crippen LogP contribution in [-0.4, -0.2) is 35.2 Å². The van der Waals surface area contributed by atoms with E-state index in [9.17, 15) is 14.7 Å². The zero-order valence-electron chi connectivity index (χ0n) is 19.3. The first-order chi connectivity index (χ1) is 16.4. The predicted molar refractivity (Wildman–Crippen MR) is 132 cm³/mol. The van der Waals surface area contributed by atoms with Gasteiger partial charge >= 0.3 is 5.97 Å². The van der Waals surface area contributed by atoms with E-state index >= 15 is 0 Å². The van der Waals surface area contributed by atoms with Gasteiger partial charge in [-0.1, -0.05) is 48.6 Å². The number of rotatable bonds is 9. The van der Waals surface area contributed by atoms with Gasteiger partial charge in [-0.2, -0.15) is 0 Å². The zero-order valence-corrected chi connectivity index (χ0v) is 19.3. The highest BCUT2D eigenvalue weighted by Crippen LogP contribution is 2.33. The summed E-state index contributed by atoms with van der Waals surface area (Å²) in [6.07, 6.45) is 6.57. The highest BCUT2D eigenvalue weighted by Gasteiger charge is 2.32. The number of carboxylic acid groups (broad SMARTS) is 1. The van der Waals surface area contributed by atoms with E-state index in [4.69, 9.17) is 9.84 Å². The fraction of sp³-hybridized carbons (Fsp3) is 0.310. The molecule has 0 amide bonds. The molecule has 176 valence electrons.